The van der Waals surface area contributed by atoms with Crippen LogP contribution in [0.2, 0.25) is 0 Å². The van der Waals surface area contributed by atoms with E-state index in [9.17, 15) is 22.8 Å². The number of ether oxygens (including phenoxy) is 1. The number of carbonyl (C=O) groups excluding carboxylic acids is 2. The van der Waals surface area contributed by atoms with Gasteiger partial charge in [-0.25, -0.2) is 5.01 Å². The zero-order valence-electron chi connectivity index (χ0n) is 16.6. The fraction of sp³-hybridized carbons (Fsp3) is 0.600. The Balaban J connectivity index is 2.13. The zero-order chi connectivity index (χ0) is 21.0. The molecule has 2 heterocycles. The Hall–Kier alpha value is -2.09. The van der Waals surface area contributed by atoms with E-state index in [1.54, 1.807) is 32.9 Å². The van der Waals surface area contributed by atoms with Gasteiger partial charge in [-0.2, -0.15) is 13.2 Å². The minimum atomic E-state index is -4.76. The summed E-state index contributed by atoms with van der Waals surface area (Å²) in [7, 11) is 0. The summed E-state index contributed by atoms with van der Waals surface area (Å²) in [5.41, 5.74) is 1.54. The molecule has 8 heteroatoms. The van der Waals surface area contributed by atoms with Crippen LogP contribution in [0.4, 0.5) is 13.2 Å². The lowest BCUT2D eigenvalue weighted by Crippen LogP contribution is -2.50. The van der Waals surface area contributed by atoms with E-state index >= 15 is 0 Å². The van der Waals surface area contributed by atoms with Gasteiger partial charge in [0.1, 0.15) is 11.5 Å². The molecule has 1 aromatic carbocycles. The predicted octanol–water partition coefficient (Wildman–Crippen LogP) is 3.70. The first-order chi connectivity index (χ1) is 12.8. The molecule has 1 aromatic rings. The van der Waals surface area contributed by atoms with E-state index in [0.29, 0.717) is 5.56 Å². The van der Waals surface area contributed by atoms with Crippen LogP contribution in [-0.2, 0) is 14.3 Å². The topological polar surface area (TPSA) is 49.9 Å². The van der Waals surface area contributed by atoms with E-state index in [1.807, 2.05) is 19.9 Å². The summed E-state index contributed by atoms with van der Waals surface area (Å²) in [6.45, 7) is 8.75. The molecule has 5 nitrogen and oxygen atoms in total. The second-order valence-electron chi connectivity index (χ2n) is 8.49. The number of carbonyl (C=O) groups is 2. The Morgan fingerprint density at radius 2 is 1.79 bits per heavy atom. The number of aryl methyl sites for hydroxylation is 2. The minimum Gasteiger partial charge on any atom is -0.460 e. The number of esters is 1. The first-order valence-corrected chi connectivity index (χ1v) is 9.26. The number of alkyl halides is 3. The molecule has 3 atom stereocenters. The Morgan fingerprint density at radius 3 is 2.32 bits per heavy atom. The summed E-state index contributed by atoms with van der Waals surface area (Å²) in [6.07, 6.45) is -4.76. The van der Waals surface area contributed by atoms with Gasteiger partial charge >= 0.3 is 12.1 Å². The molecule has 2 aliphatic rings. The molecule has 0 spiro atoms. The lowest BCUT2D eigenvalue weighted by Gasteiger charge is -2.29. The van der Waals surface area contributed by atoms with Crippen molar-refractivity contribution in [3.05, 3.63) is 34.9 Å². The smallest absolute Gasteiger partial charge is 0.411 e. The van der Waals surface area contributed by atoms with Gasteiger partial charge in [0.2, 0.25) is 5.91 Å². The van der Waals surface area contributed by atoms with Crippen molar-refractivity contribution in [3.63, 3.8) is 0 Å². The fourth-order valence-electron chi connectivity index (χ4n) is 3.97. The van der Waals surface area contributed by atoms with E-state index < -0.39 is 41.7 Å². The van der Waals surface area contributed by atoms with Crippen LogP contribution in [0.1, 0.15) is 49.9 Å². The van der Waals surface area contributed by atoms with Crippen LogP contribution in [0.25, 0.3) is 0 Å². The molecule has 0 aromatic heterocycles. The average molecular weight is 398 g/mol. The highest BCUT2D eigenvalue weighted by atomic mass is 19.4. The second kappa shape index (κ2) is 6.76. The van der Waals surface area contributed by atoms with Gasteiger partial charge in [-0.15, -0.1) is 0 Å². The lowest BCUT2D eigenvalue weighted by molar-refractivity contribution is -0.207. The molecule has 3 unspecified atom stereocenters. The molecule has 0 radical (unpaired) electrons. The van der Waals surface area contributed by atoms with Gasteiger partial charge in [0.05, 0.1) is 6.04 Å². The first kappa shape index (κ1) is 20.6. The van der Waals surface area contributed by atoms with Gasteiger partial charge in [-0.05, 0) is 51.3 Å². The number of rotatable bonds is 2. The standard InChI is InChI=1S/C20H25F3N2O3/c1-11-6-7-13(10-12(11)2)16-15(18(27)28-19(3,4)5)17(20(21,22)23)25-14(26)8-9-24(16)25/h6-7,10,15-17H,8-9H2,1-5H3. The van der Waals surface area contributed by atoms with Crippen LogP contribution in [0.15, 0.2) is 18.2 Å². The number of nitrogens with zero attached hydrogens (tertiary/aromatic N) is 2. The third-order valence-corrected chi connectivity index (χ3v) is 5.24. The van der Waals surface area contributed by atoms with E-state index in [4.69, 9.17) is 4.74 Å². The predicted molar refractivity (Wildman–Crippen MR) is 96.0 cm³/mol. The Kier molecular flexibility index (Phi) is 4.98. The Bertz CT molecular complexity index is 801. The lowest BCUT2D eigenvalue weighted by atomic mass is 9.86. The van der Waals surface area contributed by atoms with E-state index in [1.165, 1.54) is 5.01 Å². The van der Waals surface area contributed by atoms with Crippen molar-refractivity contribution in [2.24, 2.45) is 5.92 Å². The molecule has 2 fully saturated rings. The molecule has 0 N–H and O–H groups in total. The average Bonchev–Trinajstić information content (AvgIpc) is 3.06. The summed E-state index contributed by atoms with van der Waals surface area (Å²) in [5.74, 6) is -3.12. The largest absolute Gasteiger partial charge is 0.460 e. The molecule has 0 saturated carbocycles. The molecule has 154 valence electrons. The summed E-state index contributed by atoms with van der Waals surface area (Å²) in [4.78, 5) is 25.2. The van der Waals surface area contributed by atoms with Crippen molar-refractivity contribution in [2.75, 3.05) is 6.54 Å². The number of benzene rings is 1. The number of fused-ring (bicyclic) bond motifs is 1. The van der Waals surface area contributed by atoms with Crippen LogP contribution >= 0.6 is 0 Å². The number of halogens is 3. The maximum absolute atomic E-state index is 14.0. The number of amides is 1. The van der Waals surface area contributed by atoms with Gasteiger partial charge in [-0.1, -0.05) is 18.2 Å². The van der Waals surface area contributed by atoms with Crippen molar-refractivity contribution in [1.82, 2.24) is 10.0 Å². The van der Waals surface area contributed by atoms with Crippen molar-refractivity contribution >= 4 is 11.9 Å². The van der Waals surface area contributed by atoms with Gasteiger partial charge < -0.3 is 4.74 Å². The molecule has 0 aliphatic carbocycles. The molecular formula is C20H25F3N2O3. The van der Waals surface area contributed by atoms with Crippen molar-refractivity contribution in [2.45, 2.75) is 64.9 Å². The van der Waals surface area contributed by atoms with Crippen molar-refractivity contribution in [1.29, 1.82) is 0 Å². The molecule has 2 aliphatic heterocycles. The number of hydrogen-bond donors (Lipinski definition) is 0. The third-order valence-electron chi connectivity index (χ3n) is 5.24. The van der Waals surface area contributed by atoms with Crippen LogP contribution in [0.5, 0.6) is 0 Å². The van der Waals surface area contributed by atoms with Gasteiger partial charge in [-0.3, -0.25) is 14.6 Å². The quantitative estimate of drug-likeness (QED) is 0.713. The fourth-order valence-corrected chi connectivity index (χ4v) is 3.97. The minimum absolute atomic E-state index is 0.00500. The SMILES string of the molecule is Cc1ccc(C2C(C(=O)OC(C)(C)C)C(C(F)(F)F)N3C(=O)CCN23)cc1C. The normalized spacial score (nSPS) is 25.9. The summed E-state index contributed by atoms with van der Waals surface area (Å²) < 4.78 is 47.4. The third kappa shape index (κ3) is 3.62. The van der Waals surface area contributed by atoms with E-state index in [-0.39, 0.29) is 13.0 Å². The Morgan fingerprint density at radius 1 is 1.14 bits per heavy atom. The molecule has 2 saturated heterocycles. The number of hydrazine groups is 1. The van der Waals surface area contributed by atoms with Crippen molar-refractivity contribution < 1.29 is 27.5 Å². The molecular weight excluding hydrogens is 373 g/mol. The van der Waals surface area contributed by atoms with Crippen LogP contribution < -0.4 is 0 Å². The second-order valence-corrected chi connectivity index (χ2v) is 8.49. The highest BCUT2D eigenvalue weighted by Gasteiger charge is 2.65. The summed E-state index contributed by atoms with van der Waals surface area (Å²) in [5, 5.41) is 2.12. The molecule has 3 rings (SSSR count). The van der Waals surface area contributed by atoms with Crippen molar-refractivity contribution in [3.8, 4) is 0 Å². The van der Waals surface area contributed by atoms with E-state index in [0.717, 1.165) is 16.1 Å². The first-order valence-electron chi connectivity index (χ1n) is 9.26. The van der Waals surface area contributed by atoms with Crippen LogP contribution in [0.3, 0.4) is 0 Å². The van der Waals surface area contributed by atoms with Gasteiger partial charge in [0.25, 0.3) is 0 Å². The number of hydrogen-bond acceptors (Lipinski definition) is 4. The Labute approximate surface area is 162 Å². The van der Waals surface area contributed by atoms with Crippen LogP contribution in [0, 0.1) is 19.8 Å². The molecule has 28 heavy (non-hydrogen) atoms. The highest BCUT2D eigenvalue weighted by molar-refractivity contribution is 5.82. The maximum atomic E-state index is 14.0. The van der Waals surface area contributed by atoms with E-state index in [2.05, 4.69) is 0 Å². The maximum Gasteiger partial charge on any atom is 0.411 e. The monoisotopic (exact) mass is 398 g/mol. The van der Waals surface area contributed by atoms with Gasteiger partial charge in [0.15, 0.2) is 6.04 Å². The highest BCUT2D eigenvalue weighted by Crippen LogP contribution is 2.50. The molecule has 0 bridgehead atoms. The van der Waals surface area contributed by atoms with Crippen LogP contribution in [-0.4, -0.2) is 46.3 Å². The summed E-state index contributed by atoms with van der Waals surface area (Å²) >= 11 is 0. The summed E-state index contributed by atoms with van der Waals surface area (Å²) in [6, 6.07) is 2.19. The zero-order valence-corrected chi connectivity index (χ0v) is 16.6. The van der Waals surface area contributed by atoms with Gasteiger partial charge in [0, 0.05) is 13.0 Å². The molecule has 1 amide bonds.